The summed E-state index contributed by atoms with van der Waals surface area (Å²) in [5, 5.41) is 3.33. The lowest BCUT2D eigenvalue weighted by molar-refractivity contribution is 0.171. The highest BCUT2D eigenvalue weighted by atomic mass is 35.5. The van der Waals surface area contributed by atoms with Crippen molar-refractivity contribution in [1.82, 2.24) is 5.43 Å². The zero-order valence-electron chi connectivity index (χ0n) is 5.17. The van der Waals surface area contributed by atoms with Crippen molar-refractivity contribution in [2.45, 2.75) is 4.84 Å². The first kappa shape index (κ1) is 9.52. The second-order valence-corrected chi connectivity index (χ2v) is 2.38. The Morgan fingerprint density at radius 2 is 2.40 bits per heavy atom. The highest BCUT2D eigenvalue weighted by molar-refractivity contribution is 6.51. The van der Waals surface area contributed by atoms with Gasteiger partial charge in [-0.05, 0) is 0 Å². The third-order valence-corrected chi connectivity index (χ3v) is 0.754. The number of rotatable bonds is 2. The lowest BCUT2D eigenvalue weighted by Crippen LogP contribution is -2.17. The monoisotopic (exact) mass is 184 g/mol. The summed E-state index contributed by atoms with van der Waals surface area (Å²) in [7, 11) is 1.23. The van der Waals surface area contributed by atoms with E-state index >= 15 is 0 Å². The predicted molar refractivity (Wildman–Crippen MR) is 39.5 cm³/mol. The molecule has 0 aromatic carbocycles. The van der Waals surface area contributed by atoms with Crippen LogP contribution in [0.25, 0.3) is 0 Å². The molecule has 10 heavy (non-hydrogen) atoms. The maximum Gasteiger partial charge on any atom is 0.427 e. The summed E-state index contributed by atoms with van der Waals surface area (Å²) in [5.74, 6) is 0. The molecule has 0 spiro atoms. The highest BCUT2D eigenvalue weighted by Gasteiger charge is 1.94. The van der Waals surface area contributed by atoms with Crippen molar-refractivity contribution in [3.05, 3.63) is 0 Å². The Morgan fingerprint density at radius 3 is 2.80 bits per heavy atom. The normalized spacial score (nSPS) is 10.4. The number of hydrogen-bond donors (Lipinski definition) is 1. The zero-order chi connectivity index (χ0) is 7.98. The zero-order valence-corrected chi connectivity index (χ0v) is 6.69. The summed E-state index contributed by atoms with van der Waals surface area (Å²) in [5.41, 5.74) is 2.00. The van der Waals surface area contributed by atoms with Crippen molar-refractivity contribution in [3.8, 4) is 0 Å². The molecule has 0 aliphatic rings. The number of halogens is 2. The van der Waals surface area contributed by atoms with Crippen LogP contribution in [-0.4, -0.2) is 24.3 Å². The number of carbonyl (C=O) groups is 1. The Labute approximate surface area is 68.1 Å². The first-order chi connectivity index (χ1) is 4.66. The second-order valence-electron chi connectivity index (χ2n) is 1.22. The molecule has 1 amide bonds. The average molecular weight is 185 g/mol. The second kappa shape index (κ2) is 5.32. The Morgan fingerprint density at radius 1 is 1.80 bits per heavy atom. The molecule has 0 aliphatic heterocycles. The smallest absolute Gasteiger partial charge is 0.427 e. The van der Waals surface area contributed by atoms with Gasteiger partial charge in [0.1, 0.15) is 4.84 Å². The first-order valence-corrected chi connectivity index (χ1v) is 3.19. The van der Waals surface area contributed by atoms with Crippen LogP contribution in [-0.2, 0) is 4.74 Å². The number of amides is 1. The van der Waals surface area contributed by atoms with E-state index in [0.29, 0.717) is 0 Å². The van der Waals surface area contributed by atoms with E-state index < -0.39 is 10.9 Å². The van der Waals surface area contributed by atoms with Crippen LogP contribution in [0.1, 0.15) is 0 Å². The maximum absolute atomic E-state index is 10.3. The third-order valence-electron chi connectivity index (χ3n) is 0.528. The van der Waals surface area contributed by atoms with Crippen LogP contribution in [0.2, 0.25) is 0 Å². The molecule has 1 N–H and O–H groups in total. The molecule has 6 heteroatoms. The van der Waals surface area contributed by atoms with Gasteiger partial charge in [0.05, 0.1) is 13.3 Å². The van der Waals surface area contributed by atoms with Crippen LogP contribution in [0.4, 0.5) is 4.79 Å². The van der Waals surface area contributed by atoms with Gasteiger partial charge in [-0.2, -0.15) is 5.10 Å². The number of hydrogen-bond acceptors (Lipinski definition) is 3. The number of nitrogens with zero attached hydrogens (tertiary/aromatic N) is 1. The number of hydrazone groups is 1. The Kier molecular flexibility index (Phi) is 5.06. The number of nitrogens with one attached hydrogen (secondary N) is 1. The number of carbonyl (C=O) groups excluding carboxylic acids is 1. The minimum atomic E-state index is -0.725. The van der Waals surface area contributed by atoms with E-state index in [2.05, 4.69) is 9.84 Å². The van der Waals surface area contributed by atoms with Crippen LogP contribution in [0.3, 0.4) is 0 Å². The molecular formula is C4H6Cl2N2O2. The van der Waals surface area contributed by atoms with Gasteiger partial charge in [0.2, 0.25) is 0 Å². The summed E-state index contributed by atoms with van der Waals surface area (Å²) in [4.78, 5) is 9.54. The molecule has 0 aromatic heterocycles. The number of alkyl halides is 2. The van der Waals surface area contributed by atoms with Gasteiger partial charge in [-0.15, -0.1) is 0 Å². The standard InChI is InChI=1S/C4H6Cl2N2O2/c1-10-4(9)8-7-2-3(5)6/h2-3H,1H3,(H,8,9)/b7-2+. The van der Waals surface area contributed by atoms with Gasteiger partial charge in [0, 0.05) is 0 Å². The van der Waals surface area contributed by atoms with Gasteiger partial charge in [-0.1, -0.05) is 23.2 Å². The fourth-order valence-corrected chi connectivity index (χ4v) is 0.305. The number of methoxy groups -OCH3 is 1. The van der Waals surface area contributed by atoms with Crippen LogP contribution >= 0.6 is 23.2 Å². The van der Waals surface area contributed by atoms with E-state index in [0.717, 1.165) is 6.21 Å². The maximum atomic E-state index is 10.3. The van der Waals surface area contributed by atoms with Gasteiger partial charge in [-0.3, -0.25) is 0 Å². The van der Waals surface area contributed by atoms with E-state index in [1.165, 1.54) is 7.11 Å². The Balaban J connectivity index is 3.43. The quantitative estimate of drug-likeness (QED) is 0.398. The number of ether oxygens (including phenoxy) is 1. The molecule has 0 radical (unpaired) electrons. The molecule has 0 bridgehead atoms. The molecular weight excluding hydrogens is 179 g/mol. The molecule has 0 aliphatic carbocycles. The average Bonchev–Trinajstić information content (AvgIpc) is 1.87. The molecule has 0 saturated carbocycles. The Hall–Kier alpha value is -0.480. The van der Waals surface area contributed by atoms with Crippen molar-refractivity contribution in [2.75, 3.05) is 7.11 Å². The molecule has 0 heterocycles. The first-order valence-electron chi connectivity index (χ1n) is 2.32. The van der Waals surface area contributed by atoms with Crippen molar-refractivity contribution in [2.24, 2.45) is 5.10 Å². The van der Waals surface area contributed by atoms with Crippen LogP contribution in [0.5, 0.6) is 0 Å². The minimum Gasteiger partial charge on any atom is -0.452 e. The Bertz CT molecular complexity index is 137. The van der Waals surface area contributed by atoms with Crippen molar-refractivity contribution in [1.29, 1.82) is 0 Å². The van der Waals surface area contributed by atoms with Crippen LogP contribution in [0.15, 0.2) is 5.10 Å². The molecule has 4 nitrogen and oxygen atoms in total. The SMILES string of the molecule is COC(=O)N/N=C/C(Cl)Cl. The summed E-state index contributed by atoms with van der Waals surface area (Å²) in [6, 6.07) is 0. The summed E-state index contributed by atoms with van der Waals surface area (Å²) < 4.78 is 4.18. The molecule has 58 valence electrons. The van der Waals surface area contributed by atoms with Crippen molar-refractivity contribution >= 4 is 35.5 Å². The van der Waals surface area contributed by atoms with Crippen molar-refractivity contribution in [3.63, 3.8) is 0 Å². The van der Waals surface area contributed by atoms with Crippen molar-refractivity contribution < 1.29 is 9.53 Å². The van der Waals surface area contributed by atoms with Gasteiger partial charge in [0.25, 0.3) is 0 Å². The predicted octanol–water partition coefficient (Wildman–Crippen LogP) is 1.13. The fourth-order valence-electron chi connectivity index (χ4n) is 0.192. The minimum absolute atomic E-state index is 0.662. The molecule has 0 unspecified atom stereocenters. The topological polar surface area (TPSA) is 50.7 Å². The van der Waals surface area contributed by atoms with E-state index in [9.17, 15) is 4.79 Å². The largest absolute Gasteiger partial charge is 0.452 e. The summed E-state index contributed by atoms with van der Waals surface area (Å²) >= 11 is 10.5. The lowest BCUT2D eigenvalue weighted by atomic mass is 10.9. The molecule has 0 aromatic rings. The summed E-state index contributed by atoms with van der Waals surface area (Å²) in [6.07, 6.45) is 0.491. The molecule has 0 atom stereocenters. The molecule has 0 rings (SSSR count). The van der Waals surface area contributed by atoms with Crippen LogP contribution < -0.4 is 5.43 Å². The van der Waals surface area contributed by atoms with Gasteiger partial charge in [-0.25, -0.2) is 10.2 Å². The van der Waals surface area contributed by atoms with E-state index in [4.69, 9.17) is 23.2 Å². The van der Waals surface area contributed by atoms with E-state index in [1.54, 1.807) is 0 Å². The van der Waals surface area contributed by atoms with E-state index in [-0.39, 0.29) is 0 Å². The lowest BCUT2D eigenvalue weighted by Gasteiger charge is -1.94. The van der Waals surface area contributed by atoms with Gasteiger partial charge >= 0.3 is 6.09 Å². The third kappa shape index (κ3) is 5.65. The van der Waals surface area contributed by atoms with E-state index in [1.807, 2.05) is 5.43 Å². The highest BCUT2D eigenvalue weighted by Crippen LogP contribution is 1.95. The van der Waals surface area contributed by atoms with Gasteiger partial charge < -0.3 is 4.74 Å². The van der Waals surface area contributed by atoms with Gasteiger partial charge in [0.15, 0.2) is 0 Å². The van der Waals surface area contributed by atoms with Crippen LogP contribution in [0, 0.1) is 0 Å². The summed E-state index contributed by atoms with van der Waals surface area (Å²) in [6.45, 7) is 0. The molecule has 0 fully saturated rings. The molecule has 0 saturated heterocycles. The fraction of sp³-hybridized carbons (Fsp3) is 0.500.